The van der Waals surface area contributed by atoms with E-state index in [1.54, 1.807) is 24.4 Å². The van der Waals surface area contributed by atoms with Gasteiger partial charge in [0.2, 0.25) is 0 Å². The molecule has 0 saturated heterocycles. The van der Waals surface area contributed by atoms with Gasteiger partial charge < -0.3 is 0 Å². The van der Waals surface area contributed by atoms with Gasteiger partial charge >= 0.3 is 9.33 Å². The Kier molecular flexibility index (Phi) is 5.16. The van der Waals surface area contributed by atoms with E-state index in [0.29, 0.717) is 16.3 Å². The SMILES string of the molecule is O=C1NS(=O)(=O)c2cc(-c3ncccc3Cl)ccc21.O=S(=O)(O)Cl. The number of hydrogen-bond acceptors (Lipinski definition) is 6. The molecule has 0 spiro atoms. The van der Waals surface area contributed by atoms with Crippen molar-refractivity contribution in [3.63, 3.8) is 0 Å². The minimum Gasteiger partial charge on any atom is -0.273 e. The summed E-state index contributed by atoms with van der Waals surface area (Å²) in [6.45, 7) is 0. The molecule has 1 aliphatic heterocycles. The average molecular weight is 411 g/mol. The molecule has 0 saturated carbocycles. The quantitative estimate of drug-likeness (QED) is 0.541. The largest absolute Gasteiger partial charge is 0.353 e. The number of nitrogens with one attached hydrogen (secondary N) is 1. The highest BCUT2D eigenvalue weighted by molar-refractivity contribution is 8.09. The van der Waals surface area contributed by atoms with Gasteiger partial charge in [0.1, 0.15) is 4.90 Å². The Balaban J connectivity index is 0.000000368. The summed E-state index contributed by atoms with van der Waals surface area (Å²) in [7, 11) is -3.91. The minimum atomic E-state index is -4.19. The van der Waals surface area contributed by atoms with Gasteiger partial charge in [-0.05, 0) is 24.3 Å². The summed E-state index contributed by atoms with van der Waals surface area (Å²) in [4.78, 5) is 15.5. The first-order chi connectivity index (χ1) is 11.0. The normalized spacial score (nSPS) is 15.0. The summed E-state index contributed by atoms with van der Waals surface area (Å²) in [5, 5.41) is 0.414. The molecule has 2 heterocycles. The number of carbonyl (C=O) groups is 1. The van der Waals surface area contributed by atoms with Crippen LogP contribution in [0.15, 0.2) is 41.4 Å². The molecule has 0 unspecified atom stereocenters. The second-order valence-corrected chi connectivity index (χ2v) is 8.44. The molecule has 0 radical (unpaired) electrons. The van der Waals surface area contributed by atoms with E-state index in [9.17, 15) is 13.2 Å². The lowest BCUT2D eigenvalue weighted by Gasteiger charge is -2.04. The van der Waals surface area contributed by atoms with Crippen LogP contribution in [0.4, 0.5) is 0 Å². The maximum atomic E-state index is 11.7. The molecule has 0 bridgehead atoms. The first-order valence-electron chi connectivity index (χ1n) is 5.98. The van der Waals surface area contributed by atoms with E-state index in [4.69, 9.17) is 24.6 Å². The molecule has 1 amide bonds. The molecule has 3 rings (SSSR count). The van der Waals surface area contributed by atoms with Crippen LogP contribution in [0.5, 0.6) is 0 Å². The van der Waals surface area contributed by atoms with Crippen LogP contribution in [0, 0.1) is 0 Å². The van der Waals surface area contributed by atoms with Crippen molar-refractivity contribution in [2.45, 2.75) is 4.90 Å². The van der Waals surface area contributed by atoms with Crippen molar-refractivity contribution in [3.05, 3.63) is 47.1 Å². The van der Waals surface area contributed by atoms with E-state index in [1.807, 2.05) is 4.72 Å². The second-order valence-electron chi connectivity index (χ2n) is 4.39. The van der Waals surface area contributed by atoms with Gasteiger partial charge in [0, 0.05) is 22.4 Å². The molecule has 0 fully saturated rings. The summed E-state index contributed by atoms with van der Waals surface area (Å²) >= 11 is 6.01. The van der Waals surface area contributed by atoms with Gasteiger partial charge in [0.05, 0.1) is 16.3 Å². The molecular formula is C12H8Cl2N2O6S2. The van der Waals surface area contributed by atoms with E-state index < -0.39 is 25.3 Å². The van der Waals surface area contributed by atoms with Gasteiger partial charge in [0.25, 0.3) is 15.9 Å². The molecule has 2 aromatic rings. The number of sulfonamides is 1. The van der Waals surface area contributed by atoms with Crippen LogP contribution in [0.3, 0.4) is 0 Å². The number of fused-ring (bicyclic) bond motifs is 1. The number of halogens is 2. The Morgan fingerprint density at radius 3 is 2.42 bits per heavy atom. The van der Waals surface area contributed by atoms with Gasteiger partial charge in [-0.2, -0.15) is 8.42 Å². The summed E-state index contributed by atoms with van der Waals surface area (Å²) in [5.41, 5.74) is 1.15. The van der Waals surface area contributed by atoms with E-state index in [0.717, 1.165) is 0 Å². The molecule has 0 atom stereocenters. The van der Waals surface area contributed by atoms with Crippen LogP contribution in [0.1, 0.15) is 10.4 Å². The summed E-state index contributed by atoms with van der Waals surface area (Å²) in [5.74, 6) is -0.617. The highest BCUT2D eigenvalue weighted by atomic mass is 35.7. The molecule has 128 valence electrons. The highest BCUT2D eigenvalue weighted by Crippen LogP contribution is 2.30. The molecule has 8 nitrogen and oxygen atoms in total. The van der Waals surface area contributed by atoms with E-state index >= 15 is 0 Å². The molecule has 2 N–H and O–H groups in total. The monoisotopic (exact) mass is 410 g/mol. The molecule has 12 heteroatoms. The average Bonchev–Trinajstić information content (AvgIpc) is 2.67. The Hall–Kier alpha value is -1.72. The lowest BCUT2D eigenvalue weighted by Crippen LogP contribution is -2.20. The van der Waals surface area contributed by atoms with E-state index in [-0.39, 0.29) is 10.5 Å². The predicted octanol–water partition coefficient (Wildman–Crippen LogP) is 1.86. The number of carbonyl (C=O) groups excluding carboxylic acids is 1. The topological polar surface area (TPSA) is 130 Å². The van der Waals surface area contributed by atoms with Gasteiger partial charge in [-0.1, -0.05) is 17.7 Å². The number of hydrogen-bond donors (Lipinski definition) is 2. The number of nitrogens with zero attached hydrogens (tertiary/aromatic N) is 1. The standard InChI is InChI=1S/C12H7ClN2O3S.ClHO3S/c13-9-2-1-5-14-11(9)7-3-4-8-10(6-7)19(17,18)15-12(8)16;1-5(2,3)4/h1-6H,(H,15,16);(H,2,3,4). The number of pyridine rings is 1. The van der Waals surface area contributed by atoms with Crippen LogP contribution in [-0.2, 0) is 19.4 Å². The third-order valence-electron chi connectivity index (χ3n) is 2.77. The van der Waals surface area contributed by atoms with Crippen LogP contribution >= 0.6 is 22.3 Å². The second kappa shape index (κ2) is 6.65. The van der Waals surface area contributed by atoms with Gasteiger partial charge in [-0.3, -0.25) is 14.3 Å². The van der Waals surface area contributed by atoms with Gasteiger partial charge in [-0.15, -0.1) is 0 Å². The van der Waals surface area contributed by atoms with Crippen LogP contribution in [-0.4, -0.2) is 32.3 Å². The fourth-order valence-electron chi connectivity index (χ4n) is 1.91. The van der Waals surface area contributed by atoms with Crippen LogP contribution in [0.2, 0.25) is 5.02 Å². The van der Waals surface area contributed by atoms with Crippen molar-refractivity contribution in [2.24, 2.45) is 0 Å². The van der Waals surface area contributed by atoms with Crippen LogP contribution < -0.4 is 4.72 Å². The molecule has 24 heavy (non-hydrogen) atoms. The number of benzene rings is 1. The zero-order valence-electron chi connectivity index (χ0n) is 11.5. The van der Waals surface area contributed by atoms with Gasteiger partial charge in [-0.25, -0.2) is 13.1 Å². The highest BCUT2D eigenvalue weighted by Gasteiger charge is 2.32. The third-order valence-corrected chi connectivity index (χ3v) is 4.45. The lowest BCUT2D eigenvalue weighted by atomic mass is 10.1. The van der Waals surface area contributed by atoms with E-state index in [1.165, 1.54) is 12.1 Å². The zero-order valence-corrected chi connectivity index (χ0v) is 14.6. The van der Waals surface area contributed by atoms with Crippen molar-refractivity contribution in [1.82, 2.24) is 9.71 Å². The molecule has 1 aromatic heterocycles. The predicted molar refractivity (Wildman–Crippen MR) is 86.7 cm³/mol. The Labute approximate surface area is 146 Å². The smallest absolute Gasteiger partial charge is 0.273 e. The minimum absolute atomic E-state index is 0.0447. The summed E-state index contributed by atoms with van der Waals surface area (Å²) in [6.07, 6.45) is 1.56. The van der Waals surface area contributed by atoms with Gasteiger partial charge in [0.15, 0.2) is 0 Å². The molecule has 1 aliphatic rings. The Morgan fingerprint density at radius 1 is 1.21 bits per heavy atom. The fourth-order valence-corrected chi connectivity index (χ4v) is 3.34. The number of aromatic nitrogens is 1. The summed E-state index contributed by atoms with van der Waals surface area (Å²) in [6, 6.07) is 7.82. The summed E-state index contributed by atoms with van der Waals surface area (Å²) < 4.78 is 50.6. The molecular weight excluding hydrogens is 403 g/mol. The van der Waals surface area contributed by atoms with Crippen molar-refractivity contribution < 1.29 is 26.2 Å². The maximum absolute atomic E-state index is 11.7. The number of amides is 1. The number of rotatable bonds is 1. The fraction of sp³-hybridized carbons (Fsp3) is 0. The van der Waals surface area contributed by atoms with Crippen molar-refractivity contribution in [2.75, 3.05) is 0 Å². The van der Waals surface area contributed by atoms with Crippen LogP contribution in [0.25, 0.3) is 11.3 Å². The Bertz CT molecular complexity index is 1010. The molecule has 1 aromatic carbocycles. The zero-order chi connectivity index (χ0) is 18.1. The first-order valence-corrected chi connectivity index (χ1v) is 10.1. The van der Waals surface area contributed by atoms with Crippen molar-refractivity contribution in [1.29, 1.82) is 0 Å². The third kappa shape index (κ3) is 4.42. The van der Waals surface area contributed by atoms with Crippen molar-refractivity contribution in [3.8, 4) is 11.3 Å². The Morgan fingerprint density at radius 2 is 1.83 bits per heavy atom. The maximum Gasteiger partial charge on any atom is 0.353 e. The lowest BCUT2D eigenvalue weighted by molar-refractivity contribution is 0.0985. The van der Waals surface area contributed by atoms with Crippen molar-refractivity contribution >= 4 is 47.5 Å². The first kappa shape index (κ1) is 18.6. The molecule has 0 aliphatic carbocycles. The van der Waals surface area contributed by atoms with E-state index in [2.05, 4.69) is 15.7 Å².